The number of hydrogen-bond donors (Lipinski definition) is 2. The molecule has 306 valence electrons. The van der Waals surface area contributed by atoms with Gasteiger partial charge in [-0.15, -0.1) is 0 Å². The molecule has 0 radical (unpaired) electrons. The third-order valence-electron chi connectivity index (χ3n) is 10.3. The van der Waals surface area contributed by atoms with Crippen LogP contribution in [0.4, 0.5) is 5.82 Å². The lowest BCUT2D eigenvalue weighted by molar-refractivity contribution is 0.200. The first-order chi connectivity index (χ1) is 29.4. The van der Waals surface area contributed by atoms with Crippen LogP contribution in [0.2, 0.25) is 0 Å². The van der Waals surface area contributed by atoms with Crippen molar-refractivity contribution in [2.24, 2.45) is 0 Å². The quantitative estimate of drug-likeness (QED) is 0.109. The highest BCUT2D eigenvalue weighted by molar-refractivity contribution is 9.10. The molecule has 8 aromatic rings. The van der Waals surface area contributed by atoms with Crippen molar-refractivity contribution >= 4 is 60.0 Å². The summed E-state index contributed by atoms with van der Waals surface area (Å²) in [4.78, 5) is 35.9. The number of nitrogens with one attached hydrogen (secondary N) is 2. The van der Waals surface area contributed by atoms with Crippen LogP contribution in [0.15, 0.2) is 137 Å². The van der Waals surface area contributed by atoms with Gasteiger partial charge < -0.3 is 29.2 Å². The molecule has 0 atom stereocenters. The number of likely N-dealkylation sites (N-methyl/N-ethyl adjacent to an activating group) is 1. The molecule has 14 heteroatoms. The number of hydrogen-bond acceptors (Lipinski definition) is 10. The van der Waals surface area contributed by atoms with Crippen molar-refractivity contribution in [2.45, 2.75) is 6.42 Å². The first-order valence-corrected chi connectivity index (χ1v) is 21.6. The molecule has 2 N–H and O–H groups in total. The van der Waals surface area contributed by atoms with Crippen molar-refractivity contribution in [3.8, 4) is 34.3 Å². The summed E-state index contributed by atoms with van der Waals surface area (Å²) >= 11 is 6.87. The second kappa shape index (κ2) is 20.1. The van der Waals surface area contributed by atoms with Crippen LogP contribution in [0.5, 0.6) is 11.5 Å². The van der Waals surface area contributed by atoms with Crippen LogP contribution < -0.4 is 14.4 Å². The number of benzene rings is 3. The molecule has 9 rings (SSSR count). The van der Waals surface area contributed by atoms with Gasteiger partial charge in [0.2, 0.25) is 0 Å². The molecule has 0 spiro atoms. The fraction of sp³-hybridized carbons (Fsp3) is 0.239. The van der Waals surface area contributed by atoms with Crippen LogP contribution in [-0.4, -0.2) is 111 Å². The van der Waals surface area contributed by atoms with E-state index in [1.807, 2.05) is 79.0 Å². The molecule has 1 aliphatic rings. The van der Waals surface area contributed by atoms with Crippen LogP contribution in [-0.2, 0) is 6.42 Å². The highest BCUT2D eigenvalue weighted by atomic mass is 79.9. The third-order valence-corrected chi connectivity index (χ3v) is 11.1. The molecule has 60 heavy (non-hydrogen) atoms. The predicted octanol–water partition coefficient (Wildman–Crippen LogP) is 8.92. The standard InChI is InChI=1S/C23H23BrN6O.C23H23BrN4O/c24-18-15-20-23(26-16-18)28-22(27-20)17-4-6-19(7-5-17)31-14-13-29-9-11-30(12-10-29)21-3-1-2-8-25-21;1-28(12-11-17-5-3-2-4-6-17)13-14-29-20-9-7-18(8-10-20)22-26-21-15-19(24)16-25-23(21)27-22/h1-8,15-16H,9-14H2,(H,26,27,28);2-10,15-16H,11-14H2,1H3,(H,25,26,27). The lowest BCUT2D eigenvalue weighted by atomic mass is 10.1. The summed E-state index contributed by atoms with van der Waals surface area (Å²) in [6.45, 7) is 8.19. The lowest BCUT2D eigenvalue weighted by Crippen LogP contribution is -2.47. The van der Waals surface area contributed by atoms with Gasteiger partial charge in [-0.2, -0.15) is 0 Å². The minimum atomic E-state index is 0.660. The van der Waals surface area contributed by atoms with E-state index in [2.05, 4.69) is 125 Å². The fourth-order valence-electron chi connectivity index (χ4n) is 6.87. The topological polar surface area (TPSA) is 124 Å². The summed E-state index contributed by atoms with van der Waals surface area (Å²) < 4.78 is 13.7. The Morgan fingerprint density at radius 3 is 1.77 bits per heavy atom. The molecule has 0 saturated carbocycles. The molecule has 5 aromatic heterocycles. The molecule has 3 aromatic carbocycles. The van der Waals surface area contributed by atoms with Gasteiger partial charge >= 0.3 is 0 Å². The maximum absolute atomic E-state index is 5.97. The number of imidazole rings is 2. The monoisotopic (exact) mass is 928 g/mol. The Labute approximate surface area is 366 Å². The molecule has 6 heterocycles. The van der Waals surface area contributed by atoms with E-state index in [1.54, 1.807) is 12.4 Å². The number of nitrogens with zero attached hydrogens (tertiary/aromatic N) is 8. The maximum Gasteiger partial charge on any atom is 0.178 e. The SMILES string of the molecule is Brc1cnc2nc(-c3ccc(OCCN4CCN(c5ccccn5)CC4)cc3)[nH]c2c1.CN(CCOc1ccc(-c2nc3ncc(Br)cc3[nH]2)cc1)CCc1ccccc1. The van der Waals surface area contributed by atoms with Crippen molar-refractivity contribution in [3.05, 3.63) is 142 Å². The second-order valence-electron chi connectivity index (χ2n) is 14.5. The van der Waals surface area contributed by atoms with E-state index < -0.39 is 0 Å². The number of pyridine rings is 3. The number of ether oxygens (including phenoxy) is 2. The van der Waals surface area contributed by atoms with Crippen molar-refractivity contribution in [1.29, 1.82) is 0 Å². The molecule has 0 bridgehead atoms. The smallest absolute Gasteiger partial charge is 0.178 e. The predicted molar refractivity (Wildman–Crippen MR) is 246 cm³/mol. The Morgan fingerprint density at radius 2 is 1.20 bits per heavy atom. The summed E-state index contributed by atoms with van der Waals surface area (Å²) in [6.07, 6.45) is 6.41. The Morgan fingerprint density at radius 1 is 0.633 bits per heavy atom. The van der Waals surface area contributed by atoms with E-state index in [0.29, 0.717) is 24.5 Å². The van der Waals surface area contributed by atoms with E-state index in [0.717, 1.165) is 112 Å². The Bertz CT molecular complexity index is 2560. The zero-order valence-corrected chi connectivity index (χ0v) is 36.5. The number of H-pyrrole nitrogens is 2. The van der Waals surface area contributed by atoms with Gasteiger partial charge in [-0.1, -0.05) is 36.4 Å². The van der Waals surface area contributed by atoms with E-state index in [1.165, 1.54) is 5.56 Å². The Balaban J connectivity index is 0.000000167. The summed E-state index contributed by atoms with van der Waals surface area (Å²) in [6, 6.07) is 36.6. The van der Waals surface area contributed by atoms with Gasteiger partial charge in [0.05, 0.1) is 11.0 Å². The zero-order valence-electron chi connectivity index (χ0n) is 33.3. The minimum Gasteiger partial charge on any atom is -0.492 e. The number of rotatable bonds is 14. The summed E-state index contributed by atoms with van der Waals surface area (Å²) in [7, 11) is 2.13. The van der Waals surface area contributed by atoms with Gasteiger partial charge in [0.1, 0.15) is 42.2 Å². The van der Waals surface area contributed by atoms with Gasteiger partial charge in [0.25, 0.3) is 0 Å². The molecule has 12 nitrogen and oxygen atoms in total. The van der Waals surface area contributed by atoms with Gasteiger partial charge in [-0.3, -0.25) is 4.90 Å². The van der Waals surface area contributed by atoms with Crippen molar-refractivity contribution in [1.82, 2.24) is 44.7 Å². The zero-order chi connectivity index (χ0) is 41.1. The van der Waals surface area contributed by atoms with E-state index in [9.17, 15) is 0 Å². The summed E-state index contributed by atoms with van der Waals surface area (Å²) in [5, 5.41) is 0. The fourth-order valence-corrected chi connectivity index (χ4v) is 7.53. The van der Waals surface area contributed by atoms with Gasteiger partial charge in [0, 0.05) is 84.5 Å². The largest absolute Gasteiger partial charge is 0.492 e. The highest BCUT2D eigenvalue weighted by Crippen LogP contribution is 2.25. The minimum absolute atomic E-state index is 0.660. The average Bonchev–Trinajstić information content (AvgIpc) is 3.91. The number of fused-ring (bicyclic) bond motifs is 2. The van der Waals surface area contributed by atoms with E-state index in [-0.39, 0.29) is 0 Å². The van der Waals surface area contributed by atoms with Gasteiger partial charge in [-0.25, -0.2) is 24.9 Å². The summed E-state index contributed by atoms with van der Waals surface area (Å²) in [5.74, 6) is 4.40. The average molecular weight is 931 g/mol. The lowest BCUT2D eigenvalue weighted by Gasteiger charge is -2.35. The van der Waals surface area contributed by atoms with Crippen LogP contribution in [0.25, 0.3) is 45.1 Å². The highest BCUT2D eigenvalue weighted by Gasteiger charge is 2.18. The molecule has 0 amide bonds. The molecule has 1 aliphatic heterocycles. The number of piperazine rings is 1. The molecule has 1 saturated heterocycles. The van der Waals surface area contributed by atoms with Crippen LogP contribution in [0.1, 0.15) is 5.56 Å². The molecule has 0 aliphatic carbocycles. The molecular formula is C46H46Br2N10O2. The van der Waals surface area contributed by atoms with Crippen LogP contribution in [0, 0.1) is 0 Å². The van der Waals surface area contributed by atoms with Crippen LogP contribution >= 0.6 is 31.9 Å². The number of anilines is 1. The summed E-state index contributed by atoms with van der Waals surface area (Å²) in [5.41, 5.74) is 6.62. The first kappa shape index (κ1) is 41.1. The third kappa shape index (κ3) is 11.1. The number of aromatic amines is 2. The van der Waals surface area contributed by atoms with Crippen molar-refractivity contribution in [2.75, 3.05) is 71.0 Å². The van der Waals surface area contributed by atoms with Gasteiger partial charge in [-0.05, 0) is 124 Å². The normalized spacial score (nSPS) is 13.1. The number of halogens is 2. The first-order valence-electron chi connectivity index (χ1n) is 20.0. The van der Waals surface area contributed by atoms with Crippen molar-refractivity contribution < 1.29 is 9.47 Å². The second-order valence-corrected chi connectivity index (χ2v) is 16.4. The molecular weight excluding hydrogens is 884 g/mol. The molecule has 1 fully saturated rings. The number of aromatic nitrogens is 7. The van der Waals surface area contributed by atoms with E-state index in [4.69, 9.17) is 9.47 Å². The Hall–Kier alpha value is -5.67. The molecule has 0 unspecified atom stereocenters. The van der Waals surface area contributed by atoms with Gasteiger partial charge in [0.15, 0.2) is 11.3 Å². The Kier molecular flexibility index (Phi) is 13.7. The van der Waals surface area contributed by atoms with E-state index >= 15 is 0 Å². The van der Waals surface area contributed by atoms with Crippen molar-refractivity contribution in [3.63, 3.8) is 0 Å². The maximum atomic E-state index is 5.97. The van der Waals surface area contributed by atoms with Crippen LogP contribution in [0.3, 0.4) is 0 Å².